The van der Waals surface area contributed by atoms with Crippen LogP contribution in [0.4, 0.5) is 0 Å². The van der Waals surface area contributed by atoms with Gasteiger partial charge in [-0.2, -0.15) is 0 Å². The van der Waals surface area contributed by atoms with Crippen molar-refractivity contribution in [1.29, 1.82) is 0 Å². The number of rotatable bonds is 9. The molecule has 0 saturated heterocycles. The van der Waals surface area contributed by atoms with Crippen LogP contribution in [0.2, 0.25) is 5.02 Å². The highest BCUT2D eigenvalue weighted by molar-refractivity contribution is 6.30. The van der Waals surface area contributed by atoms with Crippen molar-refractivity contribution >= 4 is 34.4 Å². The van der Waals surface area contributed by atoms with Crippen LogP contribution in [0, 0.1) is 0 Å². The summed E-state index contributed by atoms with van der Waals surface area (Å²) < 4.78 is 2.02. The lowest BCUT2D eigenvalue weighted by atomic mass is 9.93. The van der Waals surface area contributed by atoms with Gasteiger partial charge in [-0.05, 0) is 54.8 Å². The van der Waals surface area contributed by atoms with E-state index in [0.29, 0.717) is 30.1 Å². The molecule has 1 N–H and O–H groups in total. The van der Waals surface area contributed by atoms with Crippen molar-refractivity contribution in [3.63, 3.8) is 0 Å². The van der Waals surface area contributed by atoms with Crippen LogP contribution in [0.5, 0.6) is 0 Å². The largest absolute Gasteiger partial charge is 0.352 e. The Bertz CT molecular complexity index is 1380. The van der Waals surface area contributed by atoms with Gasteiger partial charge >= 0.3 is 0 Å². The van der Waals surface area contributed by atoms with Crippen LogP contribution in [-0.4, -0.2) is 38.9 Å². The zero-order valence-electron chi connectivity index (χ0n) is 21.5. The summed E-state index contributed by atoms with van der Waals surface area (Å²) in [5.41, 5.74) is 3.49. The molecule has 0 radical (unpaired) electrons. The summed E-state index contributed by atoms with van der Waals surface area (Å²) in [5.74, 6) is 0.737. The highest BCUT2D eigenvalue weighted by Gasteiger charge is 2.27. The number of imidazole rings is 1. The highest BCUT2D eigenvalue weighted by atomic mass is 35.5. The first-order valence-corrected chi connectivity index (χ1v) is 13.8. The van der Waals surface area contributed by atoms with Gasteiger partial charge in [0.1, 0.15) is 12.4 Å². The molecule has 0 atom stereocenters. The molecule has 3 aromatic carbocycles. The molecule has 0 unspecified atom stereocenters. The lowest BCUT2D eigenvalue weighted by Crippen LogP contribution is -2.42. The molecule has 4 aromatic rings. The average Bonchev–Trinajstić information content (AvgIpc) is 3.30. The molecule has 6 nitrogen and oxygen atoms in total. The van der Waals surface area contributed by atoms with Crippen LogP contribution in [-0.2, 0) is 24.3 Å². The molecule has 196 valence electrons. The van der Waals surface area contributed by atoms with Gasteiger partial charge in [-0.15, -0.1) is 0 Å². The third-order valence-electron chi connectivity index (χ3n) is 7.30. The Morgan fingerprint density at radius 1 is 0.921 bits per heavy atom. The Balaban J connectivity index is 1.34. The first-order valence-electron chi connectivity index (χ1n) is 13.4. The smallest absolute Gasteiger partial charge is 0.251 e. The second-order valence-corrected chi connectivity index (χ2v) is 10.4. The maximum absolute atomic E-state index is 13.9. The van der Waals surface area contributed by atoms with Gasteiger partial charge in [0.15, 0.2) is 0 Å². The third-order valence-corrected chi connectivity index (χ3v) is 7.55. The van der Waals surface area contributed by atoms with E-state index in [4.69, 9.17) is 16.6 Å². The number of nitrogens with one attached hydrogen (secondary N) is 1. The molecule has 2 amide bonds. The second kappa shape index (κ2) is 12.3. The molecular weight excluding hydrogens is 496 g/mol. The van der Waals surface area contributed by atoms with Crippen molar-refractivity contribution in [2.45, 2.75) is 57.7 Å². The summed E-state index contributed by atoms with van der Waals surface area (Å²) in [7, 11) is 0. The molecule has 5 rings (SSSR count). The van der Waals surface area contributed by atoms with E-state index < -0.39 is 0 Å². The number of carbonyl (C=O) groups is 2. The predicted octanol–water partition coefficient (Wildman–Crippen LogP) is 6.02. The lowest BCUT2D eigenvalue weighted by molar-refractivity contribution is -0.135. The Morgan fingerprint density at radius 3 is 2.39 bits per heavy atom. The summed E-state index contributed by atoms with van der Waals surface area (Å²) in [6.45, 7) is 1.25. The first kappa shape index (κ1) is 26.0. The van der Waals surface area contributed by atoms with Crippen molar-refractivity contribution in [3.8, 4) is 0 Å². The first-order chi connectivity index (χ1) is 18.6. The molecule has 0 bridgehead atoms. The van der Waals surface area contributed by atoms with Gasteiger partial charge in [0, 0.05) is 36.1 Å². The summed E-state index contributed by atoms with van der Waals surface area (Å²) >= 11 is 5.94. The van der Waals surface area contributed by atoms with Crippen molar-refractivity contribution in [1.82, 2.24) is 19.8 Å². The molecule has 1 fully saturated rings. The van der Waals surface area contributed by atoms with Crippen LogP contribution < -0.4 is 5.32 Å². The average molecular weight is 529 g/mol. The van der Waals surface area contributed by atoms with Gasteiger partial charge in [0.2, 0.25) is 5.91 Å². The second-order valence-electron chi connectivity index (χ2n) is 9.91. The van der Waals surface area contributed by atoms with E-state index in [0.717, 1.165) is 48.1 Å². The van der Waals surface area contributed by atoms with Crippen LogP contribution in [0.1, 0.15) is 53.8 Å². The van der Waals surface area contributed by atoms with Crippen LogP contribution in [0.15, 0.2) is 78.9 Å². The number of para-hydroxylation sites is 2. The molecule has 1 saturated carbocycles. The van der Waals surface area contributed by atoms with E-state index in [2.05, 4.69) is 22.3 Å². The molecule has 7 heteroatoms. The standard InChI is InChI=1S/C31H33ClN4O2/c32-25-17-15-24(16-18-25)31(38)33-20-19-29-34-27-13-7-8-14-28(27)36(29)22-30(37)35(26-11-5-2-6-12-26)21-23-9-3-1-4-10-23/h1,3-4,7-10,13-18,26H,2,5-6,11-12,19-22H2,(H,33,38). The summed E-state index contributed by atoms with van der Waals surface area (Å²) in [4.78, 5) is 33.4. The van der Waals surface area contributed by atoms with Gasteiger partial charge in [0.05, 0.1) is 11.0 Å². The van der Waals surface area contributed by atoms with E-state index in [-0.39, 0.29) is 24.4 Å². The number of carbonyl (C=O) groups excluding carboxylic acids is 2. The maximum Gasteiger partial charge on any atom is 0.251 e. The Hall–Kier alpha value is -3.64. The van der Waals surface area contributed by atoms with E-state index in [1.54, 1.807) is 24.3 Å². The van der Waals surface area contributed by atoms with Gasteiger partial charge in [-0.1, -0.05) is 73.3 Å². The quantitative estimate of drug-likeness (QED) is 0.289. The van der Waals surface area contributed by atoms with E-state index in [1.165, 1.54) is 6.42 Å². The molecule has 1 heterocycles. The fourth-order valence-corrected chi connectivity index (χ4v) is 5.43. The molecule has 0 aliphatic heterocycles. The number of hydrogen-bond acceptors (Lipinski definition) is 3. The fourth-order valence-electron chi connectivity index (χ4n) is 5.30. The minimum atomic E-state index is -0.160. The lowest BCUT2D eigenvalue weighted by Gasteiger charge is -2.35. The number of nitrogens with zero attached hydrogens (tertiary/aromatic N) is 3. The Kier molecular flexibility index (Phi) is 8.39. The summed E-state index contributed by atoms with van der Waals surface area (Å²) in [6, 6.07) is 25.2. The molecule has 1 aliphatic carbocycles. The maximum atomic E-state index is 13.9. The number of halogens is 1. The normalized spacial score (nSPS) is 13.9. The topological polar surface area (TPSA) is 67.2 Å². The summed E-state index contributed by atoms with van der Waals surface area (Å²) in [5, 5.41) is 3.56. The van der Waals surface area contributed by atoms with Crippen molar-refractivity contribution < 1.29 is 9.59 Å². The van der Waals surface area contributed by atoms with Gasteiger partial charge in [0.25, 0.3) is 5.91 Å². The minimum Gasteiger partial charge on any atom is -0.352 e. The SMILES string of the molecule is O=C(NCCc1nc2ccccc2n1CC(=O)N(Cc1ccccc1)C1CCCCC1)c1ccc(Cl)cc1. The van der Waals surface area contributed by atoms with E-state index in [1.807, 2.05) is 47.0 Å². The summed E-state index contributed by atoms with van der Waals surface area (Å²) in [6.07, 6.45) is 6.18. The number of benzene rings is 3. The Labute approximate surface area is 228 Å². The van der Waals surface area contributed by atoms with Crippen molar-refractivity contribution in [3.05, 3.63) is 101 Å². The molecule has 38 heavy (non-hydrogen) atoms. The van der Waals surface area contributed by atoms with Crippen molar-refractivity contribution in [2.75, 3.05) is 6.54 Å². The minimum absolute atomic E-state index is 0.107. The predicted molar refractivity (Wildman–Crippen MR) is 151 cm³/mol. The zero-order valence-corrected chi connectivity index (χ0v) is 22.2. The van der Waals surface area contributed by atoms with E-state index in [9.17, 15) is 9.59 Å². The van der Waals surface area contributed by atoms with Gasteiger partial charge in [-0.25, -0.2) is 4.98 Å². The molecule has 1 aromatic heterocycles. The van der Waals surface area contributed by atoms with Crippen LogP contribution in [0.3, 0.4) is 0 Å². The molecular formula is C31H33ClN4O2. The Morgan fingerprint density at radius 2 is 1.63 bits per heavy atom. The number of fused-ring (bicyclic) bond motifs is 1. The third kappa shape index (κ3) is 6.25. The number of hydrogen-bond donors (Lipinski definition) is 1. The zero-order chi connectivity index (χ0) is 26.3. The van der Waals surface area contributed by atoms with Crippen LogP contribution >= 0.6 is 11.6 Å². The molecule has 1 aliphatic rings. The molecule has 0 spiro atoms. The number of aromatic nitrogens is 2. The van der Waals surface area contributed by atoms with Crippen molar-refractivity contribution in [2.24, 2.45) is 0 Å². The number of amides is 2. The van der Waals surface area contributed by atoms with Crippen LogP contribution in [0.25, 0.3) is 11.0 Å². The van der Waals surface area contributed by atoms with Gasteiger partial charge in [-0.3, -0.25) is 9.59 Å². The highest BCUT2D eigenvalue weighted by Crippen LogP contribution is 2.25. The fraction of sp³-hybridized carbons (Fsp3) is 0.323. The monoisotopic (exact) mass is 528 g/mol. The van der Waals surface area contributed by atoms with Gasteiger partial charge < -0.3 is 14.8 Å². The van der Waals surface area contributed by atoms with E-state index >= 15 is 0 Å².